The predicted molar refractivity (Wildman–Crippen MR) is 91.2 cm³/mol. The van der Waals surface area contributed by atoms with Crippen molar-refractivity contribution in [2.24, 2.45) is 0 Å². The zero-order valence-corrected chi connectivity index (χ0v) is 14.3. The first-order valence-electron chi connectivity index (χ1n) is 8.30. The monoisotopic (exact) mass is 329 g/mol. The van der Waals surface area contributed by atoms with Crippen molar-refractivity contribution < 1.29 is 9.53 Å². The molecule has 0 fully saturated rings. The maximum atomic E-state index is 12.7. The molecule has 2 aromatic rings. The van der Waals surface area contributed by atoms with Crippen LogP contribution in [0.2, 0.25) is 0 Å². The zero-order valence-electron chi connectivity index (χ0n) is 14.3. The fourth-order valence-corrected chi connectivity index (χ4v) is 3.07. The molecule has 1 amide bonds. The minimum Gasteiger partial charge on any atom is -0.481 e. The highest BCUT2D eigenvalue weighted by molar-refractivity contribution is 5.81. The summed E-state index contributed by atoms with van der Waals surface area (Å²) in [6, 6.07) is 7.79. The maximum Gasteiger partial charge on any atom is 0.269 e. The largest absolute Gasteiger partial charge is 0.481 e. The number of benzene rings is 1. The van der Waals surface area contributed by atoms with Crippen molar-refractivity contribution in [1.82, 2.24) is 15.1 Å². The molecule has 1 aromatic heterocycles. The van der Waals surface area contributed by atoms with Gasteiger partial charge < -0.3 is 14.7 Å². The Bertz CT molecular complexity index is 791. The Kier molecular flexibility index (Phi) is 4.46. The fourth-order valence-electron chi connectivity index (χ4n) is 3.07. The molecule has 1 atom stereocenters. The third-order valence-electron chi connectivity index (χ3n) is 4.45. The number of para-hydroxylation sites is 1. The molecule has 1 aliphatic heterocycles. The van der Waals surface area contributed by atoms with Crippen LogP contribution in [-0.2, 0) is 17.8 Å². The second-order valence-corrected chi connectivity index (χ2v) is 6.50. The van der Waals surface area contributed by atoms with Crippen LogP contribution in [-0.4, -0.2) is 33.7 Å². The number of aromatic amines is 2. The lowest BCUT2D eigenvalue weighted by atomic mass is 10.0. The minimum absolute atomic E-state index is 0.0974. The summed E-state index contributed by atoms with van der Waals surface area (Å²) < 4.78 is 5.94. The number of aromatic nitrogens is 2. The van der Waals surface area contributed by atoms with Crippen molar-refractivity contribution >= 4 is 5.91 Å². The summed E-state index contributed by atoms with van der Waals surface area (Å²) in [7, 11) is 0. The van der Waals surface area contributed by atoms with E-state index in [0.29, 0.717) is 31.0 Å². The molecule has 24 heavy (non-hydrogen) atoms. The number of hydrogen-bond donors (Lipinski definition) is 2. The first-order chi connectivity index (χ1) is 11.5. The first-order valence-corrected chi connectivity index (χ1v) is 8.30. The van der Waals surface area contributed by atoms with E-state index in [9.17, 15) is 9.59 Å². The minimum atomic E-state index is -0.593. The van der Waals surface area contributed by atoms with Crippen molar-refractivity contribution in [3.05, 3.63) is 51.4 Å². The van der Waals surface area contributed by atoms with Crippen LogP contribution in [0.25, 0.3) is 0 Å². The van der Waals surface area contributed by atoms with Gasteiger partial charge in [0.15, 0.2) is 6.10 Å². The van der Waals surface area contributed by atoms with E-state index in [0.717, 1.165) is 17.0 Å². The van der Waals surface area contributed by atoms with E-state index in [1.165, 1.54) is 0 Å². The standard InChI is InChI=1S/C18H23N3O3/c1-11(2)13-6-4-5-7-16(13)24-12(3)18(23)21-9-8-15-14(10-21)17(22)20-19-15/h4-7,11-12H,8-10H2,1-3H3,(H2,19,20,22). The van der Waals surface area contributed by atoms with Gasteiger partial charge in [0.05, 0.1) is 12.1 Å². The lowest BCUT2D eigenvalue weighted by molar-refractivity contribution is -0.138. The summed E-state index contributed by atoms with van der Waals surface area (Å²) in [5.41, 5.74) is 2.47. The normalized spacial score (nSPS) is 15.2. The quantitative estimate of drug-likeness (QED) is 0.902. The number of rotatable bonds is 4. The molecule has 0 aliphatic carbocycles. The number of hydrogen-bond acceptors (Lipinski definition) is 3. The average molecular weight is 329 g/mol. The van der Waals surface area contributed by atoms with Crippen molar-refractivity contribution in [2.45, 2.75) is 45.8 Å². The molecule has 2 N–H and O–H groups in total. The zero-order chi connectivity index (χ0) is 17.3. The van der Waals surface area contributed by atoms with Gasteiger partial charge in [0.25, 0.3) is 11.5 Å². The van der Waals surface area contributed by atoms with E-state index in [2.05, 4.69) is 24.0 Å². The van der Waals surface area contributed by atoms with Crippen LogP contribution in [0, 0.1) is 0 Å². The molecule has 1 aliphatic rings. The van der Waals surface area contributed by atoms with Crippen molar-refractivity contribution in [3.63, 3.8) is 0 Å². The highest BCUT2D eigenvalue weighted by Crippen LogP contribution is 2.27. The predicted octanol–water partition coefficient (Wildman–Crippen LogP) is 2.18. The van der Waals surface area contributed by atoms with E-state index in [1.807, 2.05) is 24.3 Å². The van der Waals surface area contributed by atoms with Crippen molar-refractivity contribution in [1.29, 1.82) is 0 Å². The molecule has 0 spiro atoms. The molecule has 1 aromatic carbocycles. The van der Waals surface area contributed by atoms with Crippen LogP contribution in [0.3, 0.4) is 0 Å². The van der Waals surface area contributed by atoms with Gasteiger partial charge in [-0.1, -0.05) is 32.0 Å². The van der Waals surface area contributed by atoms with Gasteiger partial charge in [0.2, 0.25) is 0 Å². The van der Waals surface area contributed by atoms with Crippen LogP contribution in [0.5, 0.6) is 5.75 Å². The number of carbonyl (C=O) groups excluding carboxylic acids is 1. The van der Waals surface area contributed by atoms with E-state index in [-0.39, 0.29) is 11.5 Å². The lowest BCUT2D eigenvalue weighted by Gasteiger charge is -2.29. The summed E-state index contributed by atoms with van der Waals surface area (Å²) in [6.45, 7) is 6.86. The van der Waals surface area contributed by atoms with Gasteiger partial charge in [-0.15, -0.1) is 0 Å². The summed E-state index contributed by atoms with van der Waals surface area (Å²) in [5.74, 6) is 0.963. The molecular formula is C18H23N3O3. The maximum absolute atomic E-state index is 12.7. The topological polar surface area (TPSA) is 78.2 Å². The van der Waals surface area contributed by atoms with Gasteiger partial charge in [0, 0.05) is 18.7 Å². The Morgan fingerprint density at radius 3 is 2.71 bits per heavy atom. The number of nitrogens with zero attached hydrogens (tertiary/aromatic N) is 1. The number of fused-ring (bicyclic) bond motifs is 1. The third-order valence-corrected chi connectivity index (χ3v) is 4.45. The fraction of sp³-hybridized carbons (Fsp3) is 0.444. The number of nitrogens with one attached hydrogen (secondary N) is 2. The van der Waals surface area contributed by atoms with Gasteiger partial charge >= 0.3 is 0 Å². The SMILES string of the molecule is CC(Oc1ccccc1C(C)C)C(=O)N1CCc2[nH][nH]c(=O)c2C1. The summed E-state index contributed by atoms with van der Waals surface area (Å²) in [4.78, 5) is 26.2. The van der Waals surface area contributed by atoms with Gasteiger partial charge in [-0.2, -0.15) is 0 Å². The molecule has 6 nitrogen and oxygen atoms in total. The molecule has 0 radical (unpaired) electrons. The second-order valence-electron chi connectivity index (χ2n) is 6.50. The second kappa shape index (κ2) is 6.55. The number of ether oxygens (including phenoxy) is 1. The van der Waals surface area contributed by atoms with Gasteiger partial charge in [-0.3, -0.25) is 14.7 Å². The van der Waals surface area contributed by atoms with E-state index in [4.69, 9.17) is 4.74 Å². The van der Waals surface area contributed by atoms with Crippen molar-refractivity contribution in [2.75, 3.05) is 6.54 Å². The van der Waals surface area contributed by atoms with E-state index >= 15 is 0 Å². The van der Waals surface area contributed by atoms with Crippen LogP contribution < -0.4 is 10.3 Å². The van der Waals surface area contributed by atoms with Crippen molar-refractivity contribution in [3.8, 4) is 5.75 Å². The Morgan fingerprint density at radius 1 is 1.21 bits per heavy atom. The third kappa shape index (κ3) is 3.09. The molecule has 1 unspecified atom stereocenters. The van der Waals surface area contributed by atoms with Gasteiger partial charge in [-0.05, 0) is 24.5 Å². The molecule has 0 saturated carbocycles. The van der Waals surface area contributed by atoms with Gasteiger partial charge in [0.1, 0.15) is 5.75 Å². The van der Waals surface area contributed by atoms with Crippen LogP contribution in [0.15, 0.2) is 29.1 Å². The Hall–Kier alpha value is -2.50. The highest BCUT2D eigenvalue weighted by Gasteiger charge is 2.28. The average Bonchev–Trinajstić information content (AvgIpc) is 2.95. The molecule has 0 bridgehead atoms. The lowest BCUT2D eigenvalue weighted by Crippen LogP contribution is -2.44. The van der Waals surface area contributed by atoms with Crippen LogP contribution >= 0.6 is 0 Å². The number of carbonyl (C=O) groups is 1. The Labute approximate surface area is 140 Å². The smallest absolute Gasteiger partial charge is 0.269 e. The molecule has 128 valence electrons. The molecular weight excluding hydrogens is 306 g/mol. The molecule has 6 heteroatoms. The first kappa shape index (κ1) is 16.4. The Morgan fingerprint density at radius 2 is 1.96 bits per heavy atom. The van der Waals surface area contributed by atoms with E-state index < -0.39 is 6.10 Å². The van der Waals surface area contributed by atoms with Gasteiger partial charge in [-0.25, -0.2) is 0 Å². The van der Waals surface area contributed by atoms with E-state index in [1.54, 1.807) is 11.8 Å². The van der Waals surface area contributed by atoms with Crippen LogP contribution in [0.1, 0.15) is 43.5 Å². The number of amides is 1. The summed E-state index contributed by atoms with van der Waals surface area (Å²) in [5, 5.41) is 5.45. The highest BCUT2D eigenvalue weighted by atomic mass is 16.5. The number of H-pyrrole nitrogens is 2. The Balaban J connectivity index is 1.72. The van der Waals surface area contributed by atoms with Crippen LogP contribution in [0.4, 0.5) is 0 Å². The summed E-state index contributed by atoms with van der Waals surface area (Å²) in [6.07, 6.45) is 0.0549. The summed E-state index contributed by atoms with van der Waals surface area (Å²) >= 11 is 0. The molecule has 3 rings (SSSR count). The molecule has 2 heterocycles. The molecule has 0 saturated heterocycles.